The van der Waals surface area contributed by atoms with Crippen LogP contribution in [0.2, 0.25) is 0 Å². The van der Waals surface area contributed by atoms with Gasteiger partial charge in [-0.1, -0.05) is 6.92 Å². The van der Waals surface area contributed by atoms with Gasteiger partial charge in [0.1, 0.15) is 17.5 Å². The molecule has 1 unspecified atom stereocenters. The zero-order valence-corrected chi connectivity index (χ0v) is 13.0. The topological polar surface area (TPSA) is 55.0 Å². The number of anilines is 2. The van der Waals surface area contributed by atoms with Crippen molar-refractivity contribution in [3.63, 3.8) is 0 Å². The molecule has 2 aromatic rings. The van der Waals surface area contributed by atoms with Gasteiger partial charge in [0, 0.05) is 23.4 Å². The van der Waals surface area contributed by atoms with E-state index in [1.54, 1.807) is 0 Å². The summed E-state index contributed by atoms with van der Waals surface area (Å²) >= 11 is 1.86. The van der Waals surface area contributed by atoms with Crippen LogP contribution in [0, 0.1) is 6.92 Å². The van der Waals surface area contributed by atoms with Crippen LogP contribution in [0.1, 0.15) is 41.7 Å². The van der Waals surface area contributed by atoms with E-state index in [1.807, 2.05) is 18.3 Å². The molecule has 0 bridgehead atoms. The Bertz CT molecular complexity index is 635. The van der Waals surface area contributed by atoms with Crippen LogP contribution in [0.5, 0.6) is 0 Å². The molecule has 0 fully saturated rings. The minimum Gasteiger partial charge on any atom is -0.383 e. The van der Waals surface area contributed by atoms with E-state index in [9.17, 15) is 0 Å². The molecule has 20 heavy (non-hydrogen) atoms. The van der Waals surface area contributed by atoms with Crippen LogP contribution in [-0.2, 0) is 12.8 Å². The lowest BCUT2D eigenvalue weighted by atomic mass is 10.0. The van der Waals surface area contributed by atoms with Gasteiger partial charge in [0.25, 0.3) is 0 Å². The molecular formula is C15H20N4S. The Hall–Kier alpha value is -1.62. The second-order valence-corrected chi connectivity index (χ2v) is 6.25. The van der Waals surface area contributed by atoms with Crippen molar-refractivity contribution in [3.8, 4) is 0 Å². The van der Waals surface area contributed by atoms with Gasteiger partial charge in [-0.15, -0.1) is 11.3 Å². The summed E-state index contributed by atoms with van der Waals surface area (Å²) in [7, 11) is 0. The highest BCUT2D eigenvalue weighted by atomic mass is 32.1. The number of fused-ring (bicyclic) bond motifs is 1. The Kier molecular flexibility index (Phi) is 3.38. The van der Waals surface area contributed by atoms with Crippen LogP contribution in [0.25, 0.3) is 0 Å². The van der Waals surface area contributed by atoms with E-state index >= 15 is 0 Å². The maximum Gasteiger partial charge on any atom is 0.137 e. The molecule has 1 atom stereocenters. The first-order chi connectivity index (χ1) is 9.61. The maximum absolute atomic E-state index is 6.05. The van der Waals surface area contributed by atoms with Crippen molar-refractivity contribution in [2.24, 2.45) is 0 Å². The van der Waals surface area contributed by atoms with E-state index in [0.717, 1.165) is 36.6 Å². The number of rotatable bonds is 2. The Morgan fingerprint density at radius 1 is 1.45 bits per heavy atom. The molecular weight excluding hydrogens is 268 g/mol. The van der Waals surface area contributed by atoms with Gasteiger partial charge in [0.2, 0.25) is 0 Å². The van der Waals surface area contributed by atoms with Crippen molar-refractivity contribution < 1.29 is 0 Å². The summed E-state index contributed by atoms with van der Waals surface area (Å²) < 4.78 is 0. The number of hydrogen-bond acceptors (Lipinski definition) is 5. The lowest BCUT2D eigenvalue weighted by molar-refractivity contribution is 0.620. The molecule has 0 saturated carbocycles. The van der Waals surface area contributed by atoms with Crippen molar-refractivity contribution in [2.45, 2.75) is 39.7 Å². The normalized spacial score (nSPS) is 18.1. The number of aromatic nitrogens is 2. The first-order valence-electron chi connectivity index (χ1n) is 7.07. The quantitative estimate of drug-likeness (QED) is 0.922. The van der Waals surface area contributed by atoms with E-state index in [-0.39, 0.29) is 0 Å². The van der Waals surface area contributed by atoms with Crippen molar-refractivity contribution in [3.05, 3.63) is 33.3 Å². The fourth-order valence-electron chi connectivity index (χ4n) is 2.81. The van der Waals surface area contributed by atoms with Gasteiger partial charge < -0.3 is 10.6 Å². The minimum atomic E-state index is 0.350. The van der Waals surface area contributed by atoms with Gasteiger partial charge in [-0.2, -0.15) is 0 Å². The second kappa shape index (κ2) is 5.05. The van der Waals surface area contributed by atoms with Crippen molar-refractivity contribution >= 4 is 23.0 Å². The van der Waals surface area contributed by atoms with Gasteiger partial charge in [-0.05, 0) is 37.3 Å². The molecule has 0 aromatic carbocycles. The van der Waals surface area contributed by atoms with E-state index in [1.165, 1.54) is 10.4 Å². The van der Waals surface area contributed by atoms with Crippen LogP contribution >= 0.6 is 11.3 Å². The molecule has 0 aliphatic carbocycles. The number of thiophene rings is 1. The average Bonchev–Trinajstić information content (AvgIpc) is 2.92. The SMILES string of the molecule is CCc1nc(N)c(C)c(N2CCc3sccc3C2C)n1. The number of nitrogens with two attached hydrogens (primary N) is 1. The Balaban J connectivity index is 2.04. The van der Waals surface area contributed by atoms with Crippen molar-refractivity contribution in [1.29, 1.82) is 0 Å². The van der Waals surface area contributed by atoms with Crippen LogP contribution in [0.4, 0.5) is 11.6 Å². The number of hydrogen-bond donors (Lipinski definition) is 1. The highest BCUT2D eigenvalue weighted by Gasteiger charge is 2.27. The first-order valence-corrected chi connectivity index (χ1v) is 7.95. The van der Waals surface area contributed by atoms with Crippen LogP contribution in [0.15, 0.2) is 11.4 Å². The van der Waals surface area contributed by atoms with E-state index in [4.69, 9.17) is 10.7 Å². The number of nitrogens with zero attached hydrogens (tertiary/aromatic N) is 3. The Morgan fingerprint density at radius 3 is 3.00 bits per heavy atom. The standard InChI is InChI=1S/C15H20N4S/c1-4-13-17-14(16)9(2)15(18-13)19-7-5-12-11(10(19)3)6-8-20-12/h6,8,10H,4-5,7H2,1-3H3,(H2,16,17,18). The van der Waals surface area contributed by atoms with Crippen LogP contribution < -0.4 is 10.6 Å². The summed E-state index contributed by atoms with van der Waals surface area (Å²) in [5.74, 6) is 2.43. The van der Waals surface area contributed by atoms with Gasteiger partial charge in [-0.3, -0.25) is 0 Å². The van der Waals surface area contributed by atoms with Crippen molar-refractivity contribution in [1.82, 2.24) is 9.97 Å². The van der Waals surface area contributed by atoms with Crippen molar-refractivity contribution in [2.75, 3.05) is 17.2 Å². The fourth-order valence-corrected chi connectivity index (χ4v) is 3.77. The average molecular weight is 288 g/mol. The summed E-state index contributed by atoms with van der Waals surface area (Å²) in [6, 6.07) is 2.58. The molecule has 2 aromatic heterocycles. The van der Waals surface area contributed by atoms with Gasteiger partial charge in [0.15, 0.2) is 0 Å². The summed E-state index contributed by atoms with van der Waals surface area (Å²) in [5.41, 5.74) is 8.47. The Morgan fingerprint density at radius 2 is 2.25 bits per heavy atom. The lowest BCUT2D eigenvalue weighted by Crippen LogP contribution is -2.34. The van der Waals surface area contributed by atoms with Crippen LogP contribution in [-0.4, -0.2) is 16.5 Å². The van der Waals surface area contributed by atoms with Gasteiger partial charge in [0.05, 0.1) is 6.04 Å². The zero-order valence-electron chi connectivity index (χ0n) is 12.2. The van der Waals surface area contributed by atoms with E-state index in [2.05, 4.69) is 35.2 Å². The molecule has 4 nitrogen and oxygen atoms in total. The van der Waals surface area contributed by atoms with E-state index < -0.39 is 0 Å². The number of nitrogen functional groups attached to an aromatic ring is 1. The first kappa shape index (κ1) is 13.4. The molecule has 106 valence electrons. The summed E-state index contributed by atoms with van der Waals surface area (Å²) in [6.45, 7) is 7.31. The fraction of sp³-hybridized carbons (Fsp3) is 0.467. The van der Waals surface area contributed by atoms with Gasteiger partial charge >= 0.3 is 0 Å². The third-order valence-electron chi connectivity index (χ3n) is 4.07. The molecule has 3 heterocycles. The molecule has 0 spiro atoms. The molecule has 3 rings (SSSR count). The highest BCUT2D eigenvalue weighted by Crippen LogP contribution is 2.37. The summed E-state index contributed by atoms with van der Waals surface area (Å²) in [5, 5.41) is 2.18. The predicted molar refractivity (Wildman–Crippen MR) is 84.3 cm³/mol. The smallest absolute Gasteiger partial charge is 0.137 e. The lowest BCUT2D eigenvalue weighted by Gasteiger charge is -2.35. The van der Waals surface area contributed by atoms with Crippen LogP contribution in [0.3, 0.4) is 0 Å². The van der Waals surface area contributed by atoms with Gasteiger partial charge in [-0.25, -0.2) is 9.97 Å². The molecule has 0 radical (unpaired) electrons. The minimum absolute atomic E-state index is 0.350. The molecule has 1 aliphatic heterocycles. The monoisotopic (exact) mass is 288 g/mol. The molecule has 1 aliphatic rings. The highest BCUT2D eigenvalue weighted by molar-refractivity contribution is 7.10. The largest absolute Gasteiger partial charge is 0.383 e. The molecule has 0 saturated heterocycles. The molecule has 2 N–H and O–H groups in total. The Labute approximate surface area is 123 Å². The second-order valence-electron chi connectivity index (χ2n) is 5.25. The predicted octanol–water partition coefficient (Wildman–Crippen LogP) is 3.11. The maximum atomic E-state index is 6.05. The molecule has 5 heteroatoms. The summed E-state index contributed by atoms with van der Waals surface area (Å²) in [6.07, 6.45) is 1.89. The third kappa shape index (κ3) is 2.06. The third-order valence-corrected chi connectivity index (χ3v) is 5.07. The number of aryl methyl sites for hydroxylation is 1. The molecule has 0 amide bonds. The summed E-state index contributed by atoms with van der Waals surface area (Å²) in [4.78, 5) is 12.9. The van der Waals surface area contributed by atoms with E-state index in [0.29, 0.717) is 11.9 Å². The zero-order chi connectivity index (χ0) is 14.3.